The molecule has 3 aliphatic heterocycles. The molecule has 1 spiro atoms. The zero-order valence-corrected chi connectivity index (χ0v) is 27.3. The number of ether oxygens (including phenoxy) is 6. The molecule has 250 valence electrons. The Morgan fingerprint density at radius 3 is 2.13 bits per heavy atom. The van der Waals surface area contributed by atoms with Gasteiger partial charge in [-0.1, -0.05) is 38.6 Å². The monoisotopic (exact) mass is 662 g/mol. The zero-order valence-electron chi connectivity index (χ0n) is 26.5. The second kappa shape index (κ2) is 12.0. The van der Waals surface area contributed by atoms with Crippen LogP contribution >= 0.6 is 11.6 Å². The number of hydrogen-bond donors (Lipinski definition) is 1. The van der Waals surface area contributed by atoms with Gasteiger partial charge in [-0.2, -0.15) is 0 Å². The summed E-state index contributed by atoms with van der Waals surface area (Å²) in [6.07, 6.45) is -6.47. The summed E-state index contributed by atoms with van der Waals surface area (Å²) in [6, 6.07) is 8.31. The molecule has 0 radical (unpaired) electrons. The van der Waals surface area contributed by atoms with Crippen LogP contribution in [0.25, 0.3) is 0 Å². The van der Waals surface area contributed by atoms with Gasteiger partial charge in [-0.05, 0) is 19.1 Å². The molecule has 13 heteroatoms. The van der Waals surface area contributed by atoms with Crippen LogP contribution in [0.5, 0.6) is 0 Å². The van der Waals surface area contributed by atoms with Crippen molar-refractivity contribution in [1.82, 2.24) is 0 Å². The molecular weight excluding hydrogens is 624 g/mol. The Morgan fingerprint density at radius 1 is 0.957 bits per heavy atom. The molecule has 1 saturated carbocycles. The maximum Gasteiger partial charge on any atom is 0.338 e. The van der Waals surface area contributed by atoms with Gasteiger partial charge in [0.15, 0.2) is 17.5 Å². The summed E-state index contributed by atoms with van der Waals surface area (Å²) in [5.74, 6) is -8.67. The highest BCUT2D eigenvalue weighted by Crippen LogP contribution is 2.63. The Hall–Kier alpha value is -3.48. The Morgan fingerprint density at radius 2 is 1.54 bits per heavy atom. The van der Waals surface area contributed by atoms with Crippen molar-refractivity contribution < 1.29 is 57.5 Å². The van der Waals surface area contributed by atoms with Crippen LogP contribution in [-0.2, 0) is 47.6 Å². The van der Waals surface area contributed by atoms with Crippen molar-refractivity contribution in [1.29, 1.82) is 0 Å². The lowest BCUT2D eigenvalue weighted by Gasteiger charge is -2.63. The van der Waals surface area contributed by atoms with Gasteiger partial charge in [0.25, 0.3) is 0 Å². The van der Waals surface area contributed by atoms with E-state index in [-0.39, 0.29) is 17.6 Å². The Kier molecular flexibility index (Phi) is 8.80. The van der Waals surface area contributed by atoms with Crippen molar-refractivity contribution >= 4 is 41.4 Å². The fourth-order valence-corrected chi connectivity index (χ4v) is 8.49. The molecule has 46 heavy (non-hydrogen) atoms. The minimum atomic E-state index is -2.31. The molecular formula is C33H39ClO12. The number of carbonyl (C=O) groups excluding carboxylic acids is 5. The van der Waals surface area contributed by atoms with E-state index in [0.717, 1.165) is 0 Å². The van der Waals surface area contributed by atoms with E-state index in [1.807, 2.05) is 0 Å². The molecule has 2 bridgehead atoms. The van der Waals surface area contributed by atoms with Crippen LogP contribution < -0.4 is 0 Å². The molecule has 0 aromatic heterocycles. The van der Waals surface area contributed by atoms with Crippen molar-refractivity contribution in [2.75, 3.05) is 0 Å². The van der Waals surface area contributed by atoms with E-state index in [1.165, 1.54) is 27.7 Å². The summed E-state index contributed by atoms with van der Waals surface area (Å²) in [7, 11) is 0. The first-order valence-electron chi connectivity index (χ1n) is 15.2. The molecule has 1 aromatic rings. The van der Waals surface area contributed by atoms with E-state index in [4.69, 9.17) is 40.0 Å². The highest BCUT2D eigenvalue weighted by Gasteiger charge is 2.77. The molecule has 1 unspecified atom stereocenters. The maximum absolute atomic E-state index is 13.4. The highest BCUT2D eigenvalue weighted by molar-refractivity contribution is 6.23. The van der Waals surface area contributed by atoms with E-state index in [1.54, 1.807) is 44.2 Å². The van der Waals surface area contributed by atoms with Gasteiger partial charge in [-0.3, -0.25) is 19.2 Å². The molecule has 1 aliphatic carbocycles. The van der Waals surface area contributed by atoms with Crippen LogP contribution in [-0.4, -0.2) is 82.2 Å². The van der Waals surface area contributed by atoms with Crippen LogP contribution in [0.4, 0.5) is 0 Å². The number of aliphatic hydroxyl groups is 1. The van der Waals surface area contributed by atoms with E-state index in [9.17, 15) is 29.1 Å². The van der Waals surface area contributed by atoms with Gasteiger partial charge in [-0.15, -0.1) is 11.6 Å². The van der Waals surface area contributed by atoms with Gasteiger partial charge in [0.05, 0.1) is 16.9 Å². The maximum atomic E-state index is 13.4. The lowest BCUT2D eigenvalue weighted by Crippen LogP contribution is -2.76. The van der Waals surface area contributed by atoms with Gasteiger partial charge < -0.3 is 33.5 Å². The Labute approximate surface area is 271 Å². The lowest BCUT2D eigenvalue weighted by atomic mass is 9.51. The summed E-state index contributed by atoms with van der Waals surface area (Å²) in [4.78, 5) is 64.9. The number of alkyl halides is 1. The van der Waals surface area contributed by atoms with Crippen LogP contribution in [0.3, 0.4) is 0 Å². The zero-order chi connectivity index (χ0) is 33.9. The largest absolute Gasteiger partial charge is 0.462 e. The molecule has 4 fully saturated rings. The Balaban J connectivity index is 1.77. The molecule has 12 nitrogen and oxygen atoms in total. The first kappa shape index (κ1) is 33.9. The molecule has 0 amide bonds. The minimum absolute atomic E-state index is 0.0311. The van der Waals surface area contributed by atoms with E-state index >= 15 is 0 Å². The van der Waals surface area contributed by atoms with Crippen LogP contribution in [0.15, 0.2) is 42.5 Å². The topological polar surface area (TPSA) is 161 Å². The number of halogens is 1. The summed E-state index contributed by atoms with van der Waals surface area (Å²) >= 11 is 6.87. The average Bonchev–Trinajstić information content (AvgIpc) is 3.22. The summed E-state index contributed by atoms with van der Waals surface area (Å²) in [5, 5.41) is 11.0. The number of esters is 5. The third-order valence-electron chi connectivity index (χ3n) is 10.3. The smallest absolute Gasteiger partial charge is 0.338 e. The van der Waals surface area contributed by atoms with Crippen molar-refractivity contribution in [3.8, 4) is 0 Å². The predicted octanol–water partition coefficient (Wildman–Crippen LogP) is 3.26. The standard InChI is InChI=1S/C33H39ClO12/c1-15-22(44-30(39)21-11-9-8-10-12-21)13-23(41-18(4)35)31(7)24(42-19(5)36)14-32(40)16(2)26(34)28-33(46-32,17(3)29(38)45-28)27(25(15)31)43-20(6)37/h8-12,15,17,22-28,40H,2,13-14H2,1,3-7H3/t15-,17-,22+,23-,24-,25+,26-,27-,28-,31+,32-,33?/m0/s1. The first-order valence-corrected chi connectivity index (χ1v) is 15.6. The molecule has 12 atom stereocenters. The van der Waals surface area contributed by atoms with Crippen LogP contribution in [0.1, 0.15) is 64.7 Å². The highest BCUT2D eigenvalue weighted by atomic mass is 35.5. The fourth-order valence-electron chi connectivity index (χ4n) is 8.07. The molecule has 3 heterocycles. The molecule has 3 saturated heterocycles. The van der Waals surface area contributed by atoms with Gasteiger partial charge >= 0.3 is 29.8 Å². The van der Waals surface area contributed by atoms with Crippen molar-refractivity contribution in [2.45, 2.75) is 102 Å². The molecule has 1 aromatic carbocycles. The molecule has 4 aliphatic rings. The van der Waals surface area contributed by atoms with Gasteiger partial charge in [0.1, 0.15) is 24.4 Å². The second-order valence-electron chi connectivity index (χ2n) is 13.0. The van der Waals surface area contributed by atoms with Crippen molar-refractivity contribution in [3.05, 3.63) is 48.0 Å². The third kappa shape index (κ3) is 5.28. The number of rotatable bonds is 5. The average molecular weight is 663 g/mol. The number of carbonyl (C=O) groups is 5. The quantitative estimate of drug-likeness (QED) is 0.212. The summed E-state index contributed by atoms with van der Waals surface area (Å²) in [6.45, 7) is 12.5. The van der Waals surface area contributed by atoms with Gasteiger partial charge in [0, 0.05) is 56.4 Å². The van der Waals surface area contributed by atoms with Crippen molar-refractivity contribution in [2.24, 2.45) is 23.2 Å². The van der Waals surface area contributed by atoms with E-state index < -0.39 is 107 Å². The molecule has 1 N–H and O–H groups in total. The Bertz CT molecular complexity index is 1450. The normalized spacial score (nSPS) is 41.4. The number of fused-ring (bicyclic) bond motifs is 2. The van der Waals surface area contributed by atoms with E-state index in [0.29, 0.717) is 0 Å². The first-order chi connectivity index (χ1) is 21.5. The summed E-state index contributed by atoms with van der Waals surface area (Å²) in [5.41, 5.74) is -3.10. The van der Waals surface area contributed by atoms with Gasteiger partial charge in [0.2, 0.25) is 0 Å². The number of hydrogen-bond acceptors (Lipinski definition) is 12. The predicted molar refractivity (Wildman–Crippen MR) is 159 cm³/mol. The van der Waals surface area contributed by atoms with Crippen LogP contribution in [0, 0.1) is 23.2 Å². The van der Waals surface area contributed by atoms with Gasteiger partial charge in [-0.25, -0.2) is 4.79 Å². The van der Waals surface area contributed by atoms with Crippen LogP contribution in [0.2, 0.25) is 0 Å². The van der Waals surface area contributed by atoms with Crippen molar-refractivity contribution in [3.63, 3.8) is 0 Å². The number of benzene rings is 1. The fraction of sp³-hybridized carbons (Fsp3) is 0.606. The molecule has 5 rings (SSSR count). The lowest BCUT2D eigenvalue weighted by molar-refractivity contribution is -0.355. The second-order valence-corrected chi connectivity index (χ2v) is 13.4. The summed E-state index contributed by atoms with van der Waals surface area (Å²) < 4.78 is 36.2. The third-order valence-corrected chi connectivity index (χ3v) is 10.8. The SMILES string of the molecule is C=C1[C@H](Cl)[C@@H]2OC(=O)[C@H](C)C23O[C@@]1(O)C[C@H](OC(C)=O)[C@]1(C)[C@H]([C@@H](C)[C@H](OC(=O)c2ccccc2)C[C@@H]1OC(C)=O)[C@@H]3OC(C)=O. The minimum Gasteiger partial charge on any atom is -0.462 e. The van der Waals surface area contributed by atoms with E-state index in [2.05, 4.69) is 6.58 Å².